The van der Waals surface area contributed by atoms with E-state index in [2.05, 4.69) is 16.0 Å². The minimum atomic E-state index is -0.697. The SMILES string of the molecule is Cc1ccccc1NC(=O)C(=O)NCCCNC=O. The van der Waals surface area contributed by atoms with Gasteiger partial charge in [-0.1, -0.05) is 18.2 Å². The van der Waals surface area contributed by atoms with Gasteiger partial charge in [0.05, 0.1) is 0 Å². The third-order valence-corrected chi connectivity index (χ3v) is 2.47. The lowest BCUT2D eigenvalue weighted by atomic mass is 10.2. The van der Waals surface area contributed by atoms with Crippen molar-refractivity contribution in [1.29, 1.82) is 0 Å². The summed E-state index contributed by atoms with van der Waals surface area (Å²) in [5, 5.41) is 7.48. The number of carbonyl (C=O) groups is 3. The molecule has 19 heavy (non-hydrogen) atoms. The summed E-state index contributed by atoms with van der Waals surface area (Å²) in [6, 6.07) is 7.21. The summed E-state index contributed by atoms with van der Waals surface area (Å²) in [7, 11) is 0. The van der Waals surface area contributed by atoms with Crippen LogP contribution >= 0.6 is 0 Å². The van der Waals surface area contributed by atoms with Crippen LogP contribution in [0.2, 0.25) is 0 Å². The van der Waals surface area contributed by atoms with Crippen molar-refractivity contribution in [1.82, 2.24) is 10.6 Å². The number of hydrogen-bond donors (Lipinski definition) is 3. The molecule has 6 nitrogen and oxygen atoms in total. The molecule has 0 saturated heterocycles. The normalized spacial score (nSPS) is 9.53. The molecule has 1 rings (SSSR count). The number of aryl methyl sites for hydroxylation is 1. The highest BCUT2D eigenvalue weighted by Crippen LogP contribution is 2.12. The fraction of sp³-hybridized carbons (Fsp3) is 0.308. The van der Waals surface area contributed by atoms with Gasteiger partial charge in [-0.25, -0.2) is 0 Å². The van der Waals surface area contributed by atoms with E-state index in [0.717, 1.165) is 5.56 Å². The maximum Gasteiger partial charge on any atom is 0.313 e. The van der Waals surface area contributed by atoms with Gasteiger partial charge in [-0.3, -0.25) is 14.4 Å². The van der Waals surface area contributed by atoms with E-state index < -0.39 is 11.8 Å². The first-order valence-electron chi connectivity index (χ1n) is 5.97. The fourth-order valence-corrected chi connectivity index (χ4v) is 1.42. The van der Waals surface area contributed by atoms with Crippen LogP contribution in [0.3, 0.4) is 0 Å². The van der Waals surface area contributed by atoms with Crippen molar-refractivity contribution in [2.24, 2.45) is 0 Å². The molecule has 1 aromatic carbocycles. The fourth-order valence-electron chi connectivity index (χ4n) is 1.42. The number of benzene rings is 1. The Morgan fingerprint density at radius 3 is 2.58 bits per heavy atom. The molecule has 0 unspecified atom stereocenters. The minimum Gasteiger partial charge on any atom is -0.359 e. The van der Waals surface area contributed by atoms with Crippen LogP contribution in [0, 0.1) is 6.92 Å². The van der Waals surface area contributed by atoms with Crippen LogP contribution in [-0.4, -0.2) is 31.3 Å². The van der Waals surface area contributed by atoms with E-state index >= 15 is 0 Å². The first kappa shape index (κ1) is 14.7. The predicted molar refractivity (Wildman–Crippen MR) is 71.5 cm³/mol. The summed E-state index contributed by atoms with van der Waals surface area (Å²) in [4.78, 5) is 33.1. The first-order chi connectivity index (χ1) is 9.15. The van der Waals surface area contributed by atoms with Crippen LogP contribution in [0.25, 0.3) is 0 Å². The lowest BCUT2D eigenvalue weighted by Gasteiger charge is -2.08. The number of carbonyl (C=O) groups excluding carboxylic acids is 3. The third-order valence-electron chi connectivity index (χ3n) is 2.47. The highest BCUT2D eigenvalue weighted by molar-refractivity contribution is 6.39. The quantitative estimate of drug-likeness (QED) is 0.389. The number of hydrogen-bond acceptors (Lipinski definition) is 3. The van der Waals surface area contributed by atoms with Gasteiger partial charge < -0.3 is 16.0 Å². The van der Waals surface area contributed by atoms with Crippen LogP contribution in [0.1, 0.15) is 12.0 Å². The minimum absolute atomic E-state index is 0.334. The van der Waals surface area contributed by atoms with E-state index in [1.807, 2.05) is 19.1 Å². The van der Waals surface area contributed by atoms with E-state index in [1.54, 1.807) is 12.1 Å². The maximum absolute atomic E-state index is 11.6. The van der Waals surface area contributed by atoms with E-state index in [-0.39, 0.29) is 0 Å². The van der Waals surface area contributed by atoms with Gasteiger partial charge in [-0.15, -0.1) is 0 Å². The summed E-state index contributed by atoms with van der Waals surface area (Å²) in [5.74, 6) is -1.38. The lowest BCUT2D eigenvalue weighted by Crippen LogP contribution is -2.36. The Bertz CT molecular complexity index is 460. The zero-order valence-electron chi connectivity index (χ0n) is 10.7. The number of para-hydroxylation sites is 1. The van der Waals surface area contributed by atoms with Crippen molar-refractivity contribution in [3.8, 4) is 0 Å². The molecule has 0 radical (unpaired) electrons. The van der Waals surface area contributed by atoms with Crippen molar-refractivity contribution in [3.63, 3.8) is 0 Å². The van der Waals surface area contributed by atoms with Gasteiger partial charge in [0.15, 0.2) is 0 Å². The molecular formula is C13H17N3O3. The van der Waals surface area contributed by atoms with E-state index in [0.29, 0.717) is 31.6 Å². The van der Waals surface area contributed by atoms with Gasteiger partial charge in [-0.2, -0.15) is 0 Å². The van der Waals surface area contributed by atoms with Crippen LogP contribution in [-0.2, 0) is 14.4 Å². The average Bonchev–Trinajstić information content (AvgIpc) is 2.41. The second kappa shape index (κ2) is 7.86. The van der Waals surface area contributed by atoms with Crippen LogP contribution in [0.5, 0.6) is 0 Å². The zero-order chi connectivity index (χ0) is 14.1. The van der Waals surface area contributed by atoms with Gasteiger partial charge in [0.1, 0.15) is 0 Å². The van der Waals surface area contributed by atoms with Crippen molar-refractivity contribution >= 4 is 23.9 Å². The Balaban J connectivity index is 2.35. The molecule has 0 fully saturated rings. The highest BCUT2D eigenvalue weighted by Gasteiger charge is 2.13. The number of nitrogens with one attached hydrogen (secondary N) is 3. The predicted octanol–water partition coefficient (Wildman–Crippen LogP) is 0.186. The molecule has 0 bridgehead atoms. The molecule has 0 heterocycles. The number of rotatable bonds is 6. The monoisotopic (exact) mass is 263 g/mol. The molecule has 3 amide bonds. The largest absolute Gasteiger partial charge is 0.359 e. The standard InChI is InChI=1S/C13H17N3O3/c1-10-5-2-3-6-11(10)16-13(19)12(18)15-8-4-7-14-9-17/h2-3,5-6,9H,4,7-8H2,1H3,(H,14,17)(H,15,18)(H,16,19). The summed E-state index contributed by atoms with van der Waals surface area (Å²) in [6.07, 6.45) is 1.16. The van der Waals surface area contributed by atoms with Crippen LogP contribution < -0.4 is 16.0 Å². The number of anilines is 1. The Labute approximate surface area is 111 Å². The summed E-state index contributed by atoms with van der Waals surface area (Å²) >= 11 is 0. The highest BCUT2D eigenvalue weighted by atomic mass is 16.2. The molecule has 0 aromatic heterocycles. The van der Waals surface area contributed by atoms with Gasteiger partial charge in [-0.05, 0) is 25.0 Å². The molecule has 0 spiro atoms. The molecule has 1 aromatic rings. The number of amides is 3. The second-order valence-electron chi connectivity index (χ2n) is 3.95. The third kappa shape index (κ3) is 5.20. The Hall–Kier alpha value is -2.37. The molecule has 0 aliphatic rings. The second-order valence-corrected chi connectivity index (χ2v) is 3.95. The average molecular weight is 263 g/mol. The lowest BCUT2D eigenvalue weighted by molar-refractivity contribution is -0.136. The molecule has 0 saturated carbocycles. The molecular weight excluding hydrogens is 246 g/mol. The van der Waals surface area contributed by atoms with Crippen molar-refractivity contribution in [3.05, 3.63) is 29.8 Å². The summed E-state index contributed by atoms with van der Waals surface area (Å²) < 4.78 is 0. The molecule has 0 aliphatic carbocycles. The Morgan fingerprint density at radius 1 is 1.16 bits per heavy atom. The topological polar surface area (TPSA) is 87.3 Å². The first-order valence-corrected chi connectivity index (χ1v) is 5.97. The van der Waals surface area contributed by atoms with Crippen molar-refractivity contribution in [2.75, 3.05) is 18.4 Å². The van der Waals surface area contributed by atoms with Crippen LogP contribution in [0.15, 0.2) is 24.3 Å². The van der Waals surface area contributed by atoms with E-state index in [9.17, 15) is 14.4 Å². The van der Waals surface area contributed by atoms with Gasteiger partial charge >= 0.3 is 11.8 Å². The Kier molecular flexibility index (Phi) is 6.08. The smallest absolute Gasteiger partial charge is 0.313 e. The molecule has 6 heteroatoms. The summed E-state index contributed by atoms with van der Waals surface area (Å²) in [6.45, 7) is 2.64. The Morgan fingerprint density at radius 2 is 1.89 bits per heavy atom. The molecule has 3 N–H and O–H groups in total. The van der Waals surface area contributed by atoms with E-state index in [1.165, 1.54) is 0 Å². The molecule has 0 aliphatic heterocycles. The van der Waals surface area contributed by atoms with Crippen molar-refractivity contribution < 1.29 is 14.4 Å². The van der Waals surface area contributed by atoms with Crippen LogP contribution in [0.4, 0.5) is 5.69 Å². The van der Waals surface area contributed by atoms with E-state index in [4.69, 9.17) is 0 Å². The van der Waals surface area contributed by atoms with Gasteiger partial charge in [0, 0.05) is 18.8 Å². The van der Waals surface area contributed by atoms with Gasteiger partial charge in [0.25, 0.3) is 0 Å². The summed E-state index contributed by atoms with van der Waals surface area (Å²) in [5.41, 5.74) is 1.50. The zero-order valence-corrected chi connectivity index (χ0v) is 10.7. The molecule has 102 valence electrons. The van der Waals surface area contributed by atoms with Gasteiger partial charge in [0.2, 0.25) is 6.41 Å². The van der Waals surface area contributed by atoms with Crippen molar-refractivity contribution in [2.45, 2.75) is 13.3 Å². The molecule has 0 atom stereocenters. The maximum atomic E-state index is 11.6.